The van der Waals surface area contributed by atoms with E-state index >= 15 is 0 Å². The number of rotatable bonds is 5. The summed E-state index contributed by atoms with van der Waals surface area (Å²) in [6, 6.07) is 16.0. The number of nitrogens with one attached hydrogen (secondary N) is 1. The van der Waals surface area contributed by atoms with Gasteiger partial charge in [0.15, 0.2) is 5.13 Å². The third-order valence-electron chi connectivity index (χ3n) is 5.43. The third-order valence-corrected chi connectivity index (χ3v) is 8.25. The minimum Gasteiger partial charge on any atom is -0.298 e. The Bertz CT molecular complexity index is 1380. The van der Waals surface area contributed by atoms with E-state index in [1.807, 2.05) is 24.3 Å². The maximum Gasteiger partial charge on any atom is 0.257 e. The van der Waals surface area contributed by atoms with Gasteiger partial charge in [-0.3, -0.25) is 15.1 Å². The van der Waals surface area contributed by atoms with Crippen LogP contribution in [-0.2, 0) is 10.0 Å². The van der Waals surface area contributed by atoms with Gasteiger partial charge in [-0.25, -0.2) is 13.4 Å². The van der Waals surface area contributed by atoms with Crippen molar-refractivity contribution >= 4 is 42.6 Å². The smallest absolute Gasteiger partial charge is 0.257 e. The van der Waals surface area contributed by atoms with Crippen molar-refractivity contribution in [2.75, 3.05) is 18.4 Å². The molecule has 2 aromatic carbocycles. The fourth-order valence-corrected chi connectivity index (χ4v) is 6.23. The van der Waals surface area contributed by atoms with E-state index in [0.29, 0.717) is 34.0 Å². The number of pyridine rings is 1. The van der Waals surface area contributed by atoms with Crippen molar-refractivity contribution in [1.29, 1.82) is 0 Å². The monoisotopic (exact) mass is 464 g/mol. The first-order chi connectivity index (χ1) is 15.5. The Hall–Kier alpha value is -3.14. The summed E-state index contributed by atoms with van der Waals surface area (Å²) in [7, 11) is -3.49. The topological polar surface area (TPSA) is 92.3 Å². The van der Waals surface area contributed by atoms with E-state index in [2.05, 4.69) is 15.3 Å². The Balaban J connectivity index is 1.34. The van der Waals surface area contributed by atoms with Gasteiger partial charge in [0.2, 0.25) is 10.0 Å². The van der Waals surface area contributed by atoms with Gasteiger partial charge in [0, 0.05) is 31.0 Å². The van der Waals surface area contributed by atoms with E-state index in [1.54, 1.807) is 42.7 Å². The van der Waals surface area contributed by atoms with E-state index in [1.165, 1.54) is 15.6 Å². The molecule has 0 saturated carbocycles. The highest BCUT2D eigenvalue weighted by molar-refractivity contribution is 7.89. The van der Waals surface area contributed by atoms with Gasteiger partial charge < -0.3 is 0 Å². The summed E-state index contributed by atoms with van der Waals surface area (Å²) in [5.74, 6) is -0.272. The average molecular weight is 465 g/mol. The van der Waals surface area contributed by atoms with Crippen molar-refractivity contribution in [1.82, 2.24) is 14.3 Å². The summed E-state index contributed by atoms with van der Waals surface area (Å²) in [4.78, 5) is 21.5. The molecule has 0 bridgehead atoms. The predicted octanol–water partition coefficient (Wildman–Crippen LogP) is 4.40. The van der Waals surface area contributed by atoms with Crippen molar-refractivity contribution < 1.29 is 13.2 Å². The largest absolute Gasteiger partial charge is 0.298 e. The molecule has 1 amide bonds. The molecule has 7 nitrogen and oxygen atoms in total. The number of hydrogen-bond donors (Lipinski definition) is 1. The maximum absolute atomic E-state index is 12.8. The fraction of sp³-hybridized carbons (Fsp3) is 0.174. The number of aromatic nitrogens is 2. The number of fused-ring (bicyclic) bond motifs is 1. The van der Waals surface area contributed by atoms with Crippen molar-refractivity contribution in [2.45, 2.75) is 17.7 Å². The molecule has 1 N–H and O–H groups in total. The number of thiazole rings is 1. The van der Waals surface area contributed by atoms with Crippen LogP contribution in [0.15, 0.2) is 71.9 Å². The number of anilines is 1. The molecule has 3 heterocycles. The second-order valence-electron chi connectivity index (χ2n) is 7.53. The van der Waals surface area contributed by atoms with Crippen LogP contribution in [0.1, 0.15) is 23.2 Å². The number of hydrogen-bond acceptors (Lipinski definition) is 6. The van der Waals surface area contributed by atoms with Gasteiger partial charge in [0.1, 0.15) is 0 Å². The van der Waals surface area contributed by atoms with Crippen LogP contribution < -0.4 is 5.32 Å². The lowest BCUT2D eigenvalue weighted by atomic mass is 10.1. The summed E-state index contributed by atoms with van der Waals surface area (Å²) in [5.41, 5.74) is 3.11. The molecule has 0 spiro atoms. The first kappa shape index (κ1) is 20.7. The molecule has 0 unspecified atom stereocenters. The molecule has 0 radical (unpaired) electrons. The Morgan fingerprint density at radius 2 is 1.78 bits per heavy atom. The molecular weight excluding hydrogens is 444 g/mol. The summed E-state index contributed by atoms with van der Waals surface area (Å²) in [6.45, 7) is 1.12. The molecule has 1 saturated heterocycles. The summed E-state index contributed by atoms with van der Waals surface area (Å²) in [6.07, 6.45) is 5.27. The lowest BCUT2D eigenvalue weighted by Crippen LogP contribution is -2.27. The Morgan fingerprint density at radius 3 is 2.50 bits per heavy atom. The van der Waals surface area contributed by atoms with Crippen LogP contribution in [0.2, 0.25) is 0 Å². The van der Waals surface area contributed by atoms with Crippen LogP contribution in [0.3, 0.4) is 0 Å². The van der Waals surface area contributed by atoms with Gasteiger partial charge in [-0.1, -0.05) is 29.5 Å². The quantitative estimate of drug-likeness (QED) is 0.473. The number of amides is 1. The number of carbonyl (C=O) groups excluding carboxylic acids is 1. The minimum absolute atomic E-state index is 0.263. The number of sulfonamides is 1. The molecular formula is C23H20N4O3S2. The molecule has 1 aliphatic rings. The normalized spacial score (nSPS) is 14.6. The van der Waals surface area contributed by atoms with Gasteiger partial charge in [0.05, 0.1) is 15.1 Å². The summed E-state index contributed by atoms with van der Waals surface area (Å²) < 4.78 is 27.9. The molecule has 9 heteroatoms. The van der Waals surface area contributed by atoms with Crippen LogP contribution in [0.5, 0.6) is 0 Å². The van der Waals surface area contributed by atoms with E-state index in [4.69, 9.17) is 0 Å². The lowest BCUT2D eigenvalue weighted by Gasteiger charge is -2.15. The Morgan fingerprint density at radius 1 is 1.00 bits per heavy atom. The van der Waals surface area contributed by atoms with Crippen molar-refractivity contribution in [2.24, 2.45) is 0 Å². The number of carbonyl (C=O) groups is 1. The fourth-order valence-electron chi connectivity index (χ4n) is 3.71. The number of benzene rings is 2. The zero-order chi connectivity index (χ0) is 22.1. The molecule has 162 valence electrons. The molecule has 1 aliphatic heterocycles. The van der Waals surface area contributed by atoms with Crippen molar-refractivity contribution in [3.63, 3.8) is 0 Å². The molecule has 0 atom stereocenters. The molecule has 4 aromatic rings. The highest BCUT2D eigenvalue weighted by Gasteiger charge is 2.27. The molecule has 0 aliphatic carbocycles. The van der Waals surface area contributed by atoms with Gasteiger partial charge >= 0.3 is 0 Å². The standard InChI is InChI=1S/C23H20N4O3S2/c28-22(17-7-5-16(6-8-17)18-4-3-11-24-15-18)26-23-25-20-10-9-19(14-21(20)31-23)32(29,30)27-12-1-2-13-27/h3-11,14-15H,1-2,12-13H2,(H,25,26,28). The Kier molecular flexibility index (Phi) is 5.46. The van der Waals surface area contributed by atoms with Crippen LogP contribution in [0.4, 0.5) is 5.13 Å². The Labute approximate surface area is 189 Å². The second-order valence-corrected chi connectivity index (χ2v) is 10.5. The first-order valence-electron chi connectivity index (χ1n) is 10.2. The molecule has 2 aromatic heterocycles. The van der Waals surface area contributed by atoms with Gasteiger partial charge in [-0.15, -0.1) is 0 Å². The van der Waals surface area contributed by atoms with Crippen LogP contribution >= 0.6 is 11.3 Å². The zero-order valence-electron chi connectivity index (χ0n) is 17.1. The highest BCUT2D eigenvalue weighted by Crippen LogP contribution is 2.30. The molecule has 1 fully saturated rings. The predicted molar refractivity (Wildman–Crippen MR) is 125 cm³/mol. The van der Waals surface area contributed by atoms with Gasteiger partial charge in [-0.05, 0) is 60.4 Å². The van der Waals surface area contributed by atoms with E-state index in [0.717, 1.165) is 24.0 Å². The average Bonchev–Trinajstić information content (AvgIpc) is 3.49. The summed E-state index contributed by atoms with van der Waals surface area (Å²) in [5, 5.41) is 3.24. The third kappa shape index (κ3) is 4.02. The first-order valence-corrected chi connectivity index (χ1v) is 12.5. The highest BCUT2D eigenvalue weighted by atomic mass is 32.2. The van der Waals surface area contributed by atoms with E-state index in [-0.39, 0.29) is 10.8 Å². The van der Waals surface area contributed by atoms with Crippen molar-refractivity contribution in [3.8, 4) is 11.1 Å². The van der Waals surface area contributed by atoms with Crippen LogP contribution in [0.25, 0.3) is 21.3 Å². The summed E-state index contributed by atoms with van der Waals surface area (Å²) >= 11 is 1.26. The second kappa shape index (κ2) is 8.42. The van der Waals surface area contributed by atoms with Crippen LogP contribution in [0, 0.1) is 0 Å². The van der Waals surface area contributed by atoms with E-state index in [9.17, 15) is 13.2 Å². The molecule has 5 rings (SSSR count). The SMILES string of the molecule is O=C(Nc1nc2ccc(S(=O)(=O)N3CCCC3)cc2s1)c1ccc(-c2cccnc2)cc1. The maximum atomic E-state index is 12.8. The zero-order valence-corrected chi connectivity index (χ0v) is 18.7. The molecule has 32 heavy (non-hydrogen) atoms. The van der Waals surface area contributed by atoms with Crippen molar-refractivity contribution in [3.05, 3.63) is 72.6 Å². The minimum atomic E-state index is -3.49. The van der Waals surface area contributed by atoms with Gasteiger partial charge in [-0.2, -0.15) is 4.31 Å². The van der Waals surface area contributed by atoms with E-state index < -0.39 is 10.0 Å². The number of nitrogens with zero attached hydrogens (tertiary/aromatic N) is 3. The van der Waals surface area contributed by atoms with Crippen LogP contribution in [-0.4, -0.2) is 41.7 Å². The van der Waals surface area contributed by atoms with Gasteiger partial charge in [0.25, 0.3) is 5.91 Å². The lowest BCUT2D eigenvalue weighted by molar-refractivity contribution is 0.102.